The number of rotatable bonds is 4. The summed E-state index contributed by atoms with van der Waals surface area (Å²) in [6, 6.07) is 11.4. The molecular formula is C20H24ClN5O2. The van der Waals surface area contributed by atoms with Crippen LogP contribution in [0.3, 0.4) is 0 Å². The minimum absolute atomic E-state index is 0. The SMILES string of the molecule is CN(Cc1ccccc1)C(=O)c1cnn2c(C3CCNCC3)cc(=O)[nH]c12.Cl. The van der Waals surface area contributed by atoms with Crippen LogP contribution in [0.4, 0.5) is 0 Å². The molecule has 2 aromatic heterocycles. The first-order valence-electron chi connectivity index (χ1n) is 9.24. The van der Waals surface area contributed by atoms with Crippen molar-refractivity contribution < 1.29 is 4.79 Å². The number of nitrogens with one attached hydrogen (secondary N) is 2. The van der Waals surface area contributed by atoms with Gasteiger partial charge in [0, 0.05) is 25.6 Å². The Balaban J connectivity index is 0.00000225. The van der Waals surface area contributed by atoms with Crippen LogP contribution in [0.5, 0.6) is 0 Å². The molecule has 3 aromatic rings. The minimum Gasteiger partial charge on any atom is -0.337 e. The van der Waals surface area contributed by atoms with Crippen molar-refractivity contribution in [3.63, 3.8) is 0 Å². The van der Waals surface area contributed by atoms with E-state index in [1.165, 1.54) is 0 Å². The standard InChI is InChI=1S/C20H23N5O2.ClH/c1-24(13-14-5-3-2-4-6-14)20(27)16-12-22-25-17(11-18(26)23-19(16)25)15-7-9-21-10-8-15;/h2-6,11-12,15,21H,7-10,13H2,1H3,(H,23,26);1H. The summed E-state index contributed by atoms with van der Waals surface area (Å²) in [5.74, 6) is 0.105. The number of amides is 1. The predicted molar refractivity (Wildman–Crippen MR) is 110 cm³/mol. The molecule has 0 spiro atoms. The molecule has 1 aliphatic rings. The molecule has 1 saturated heterocycles. The molecule has 1 amide bonds. The summed E-state index contributed by atoms with van der Waals surface area (Å²) >= 11 is 0. The first-order chi connectivity index (χ1) is 13.1. The van der Waals surface area contributed by atoms with E-state index >= 15 is 0 Å². The van der Waals surface area contributed by atoms with Crippen molar-refractivity contribution in [2.24, 2.45) is 0 Å². The first kappa shape index (κ1) is 20.1. The van der Waals surface area contributed by atoms with Crippen molar-refractivity contribution in [2.75, 3.05) is 20.1 Å². The second kappa shape index (κ2) is 8.58. The Labute approximate surface area is 169 Å². The lowest BCUT2D eigenvalue weighted by atomic mass is 9.94. The van der Waals surface area contributed by atoms with E-state index in [0.717, 1.165) is 37.2 Å². The number of hydrogen-bond donors (Lipinski definition) is 2. The molecule has 0 bridgehead atoms. The van der Waals surface area contributed by atoms with Crippen molar-refractivity contribution in [1.29, 1.82) is 0 Å². The van der Waals surface area contributed by atoms with Crippen LogP contribution in [0.15, 0.2) is 47.4 Å². The highest BCUT2D eigenvalue weighted by atomic mass is 35.5. The molecule has 0 unspecified atom stereocenters. The number of aromatic amines is 1. The summed E-state index contributed by atoms with van der Waals surface area (Å²) in [4.78, 5) is 29.6. The van der Waals surface area contributed by atoms with Gasteiger partial charge in [0.1, 0.15) is 11.2 Å². The largest absolute Gasteiger partial charge is 0.337 e. The molecule has 7 nitrogen and oxygen atoms in total. The van der Waals surface area contributed by atoms with Gasteiger partial charge in [-0.2, -0.15) is 5.10 Å². The number of carbonyl (C=O) groups is 1. The van der Waals surface area contributed by atoms with E-state index in [2.05, 4.69) is 15.4 Å². The van der Waals surface area contributed by atoms with Crippen LogP contribution in [0.1, 0.15) is 40.4 Å². The fourth-order valence-corrected chi connectivity index (χ4v) is 3.71. The van der Waals surface area contributed by atoms with Crippen molar-refractivity contribution >= 4 is 24.0 Å². The molecule has 0 aliphatic carbocycles. The van der Waals surface area contributed by atoms with Gasteiger partial charge < -0.3 is 15.2 Å². The van der Waals surface area contributed by atoms with Crippen molar-refractivity contribution in [3.8, 4) is 0 Å². The fourth-order valence-electron chi connectivity index (χ4n) is 3.71. The highest BCUT2D eigenvalue weighted by Gasteiger charge is 2.23. The van der Waals surface area contributed by atoms with Gasteiger partial charge in [-0.25, -0.2) is 4.52 Å². The van der Waals surface area contributed by atoms with Crippen molar-refractivity contribution in [3.05, 3.63) is 69.8 Å². The molecule has 0 atom stereocenters. The van der Waals surface area contributed by atoms with Gasteiger partial charge >= 0.3 is 0 Å². The van der Waals surface area contributed by atoms with Crippen LogP contribution < -0.4 is 10.9 Å². The molecule has 1 aromatic carbocycles. The lowest BCUT2D eigenvalue weighted by Gasteiger charge is -2.23. The zero-order valence-electron chi connectivity index (χ0n) is 15.7. The van der Waals surface area contributed by atoms with Crippen molar-refractivity contribution in [1.82, 2.24) is 24.8 Å². The van der Waals surface area contributed by atoms with Crippen LogP contribution in [0.2, 0.25) is 0 Å². The third-order valence-corrected chi connectivity index (χ3v) is 5.13. The van der Waals surface area contributed by atoms with E-state index in [1.54, 1.807) is 28.7 Å². The van der Waals surface area contributed by atoms with Gasteiger partial charge in [0.2, 0.25) is 0 Å². The fraction of sp³-hybridized carbons (Fsp3) is 0.350. The Morgan fingerprint density at radius 1 is 1.25 bits per heavy atom. The van der Waals surface area contributed by atoms with Crippen LogP contribution >= 0.6 is 12.4 Å². The van der Waals surface area contributed by atoms with Gasteiger partial charge in [-0.1, -0.05) is 30.3 Å². The normalized spacial score (nSPS) is 14.6. The van der Waals surface area contributed by atoms with Gasteiger partial charge in [-0.05, 0) is 31.5 Å². The van der Waals surface area contributed by atoms with E-state index < -0.39 is 0 Å². The van der Waals surface area contributed by atoms with E-state index in [4.69, 9.17) is 0 Å². The van der Waals surface area contributed by atoms with Crippen molar-refractivity contribution in [2.45, 2.75) is 25.3 Å². The molecule has 0 saturated carbocycles. The second-order valence-corrected chi connectivity index (χ2v) is 7.05. The number of H-pyrrole nitrogens is 1. The van der Waals surface area contributed by atoms with E-state index in [9.17, 15) is 9.59 Å². The van der Waals surface area contributed by atoms with Crippen LogP contribution in [-0.4, -0.2) is 45.5 Å². The molecule has 3 heterocycles. The maximum Gasteiger partial charge on any atom is 0.259 e. The Kier molecular flexibility index (Phi) is 6.16. The third-order valence-electron chi connectivity index (χ3n) is 5.13. The van der Waals surface area contributed by atoms with Crippen LogP contribution in [-0.2, 0) is 6.54 Å². The Morgan fingerprint density at radius 3 is 2.68 bits per heavy atom. The van der Waals surface area contributed by atoms with Gasteiger partial charge in [-0.3, -0.25) is 9.59 Å². The van der Waals surface area contributed by atoms with Gasteiger partial charge in [0.05, 0.1) is 11.9 Å². The molecule has 8 heteroatoms. The van der Waals surface area contributed by atoms with Gasteiger partial charge in [-0.15, -0.1) is 12.4 Å². The topological polar surface area (TPSA) is 82.5 Å². The number of carbonyl (C=O) groups excluding carboxylic acids is 1. The van der Waals surface area contributed by atoms with E-state index in [0.29, 0.717) is 17.8 Å². The van der Waals surface area contributed by atoms with Crippen LogP contribution in [0, 0.1) is 0 Å². The first-order valence-corrected chi connectivity index (χ1v) is 9.24. The monoisotopic (exact) mass is 401 g/mol. The maximum absolute atomic E-state index is 13.0. The number of hydrogen-bond acceptors (Lipinski definition) is 4. The molecule has 2 N–H and O–H groups in total. The zero-order chi connectivity index (χ0) is 18.8. The molecule has 0 radical (unpaired) electrons. The number of benzene rings is 1. The van der Waals surface area contributed by atoms with Crippen LogP contribution in [0.25, 0.3) is 5.65 Å². The number of fused-ring (bicyclic) bond motifs is 1. The number of aromatic nitrogens is 3. The summed E-state index contributed by atoms with van der Waals surface area (Å²) in [7, 11) is 1.76. The summed E-state index contributed by atoms with van der Waals surface area (Å²) in [5, 5.41) is 7.76. The minimum atomic E-state index is -0.198. The lowest BCUT2D eigenvalue weighted by molar-refractivity contribution is 0.0787. The smallest absolute Gasteiger partial charge is 0.259 e. The highest BCUT2D eigenvalue weighted by molar-refractivity contribution is 5.99. The molecular weight excluding hydrogens is 378 g/mol. The second-order valence-electron chi connectivity index (χ2n) is 7.05. The summed E-state index contributed by atoms with van der Waals surface area (Å²) in [6.45, 7) is 2.34. The molecule has 28 heavy (non-hydrogen) atoms. The average Bonchev–Trinajstić information content (AvgIpc) is 3.11. The predicted octanol–water partition coefficient (Wildman–Crippen LogP) is 2.18. The van der Waals surface area contributed by atoms with Gasteiger partial charge in [0.25, 0.3) is 11.5 Å². The molecule has 1 aliphatic heterocycles. The number of piperidine rings is 1. The Hall–Kier alpha value is -2.64. The summed E-state index contributed by atoms with van der Waals surface area (Å²) in [5.41, 5.74) is 2.62. The zero-order valence-corrected chi connectivity index (χ0v) is 16.5. The maximum atomic E-state index is 13.0. The number of halogens is 1. The van der Waals surface area contributed by atoms with E-state index in [1.807, 2.05) is 30.3 Å². The Morgan fingerprint density at radius 2 is 1.96 bits per heavy atom. The molecule has 4 rings (SSSR count). The number of nitrogens with zero attached hydrogens (tertiary/aromatic N) is 3. The quantitative estimate of drug-likeness (QED) is 0.702. The molecule has 148 valence electrons. The summed E-state index contributed by atoms with van der Waals surface area (Å²) in [6.07, 6.45) is 3.46. The van der Waals surface area contributed by atoms with E-state index in [-0.39, 0.29) is 29.8 Å². The average molecular weight is 402 g/mol. The third kappa shape index (κ3) is 3.95. The summed E-state index contributed by atoms with van der Waals surface area (Å²) < 4.78 is 1.72. The van der Waals surface area contributed by atoms with Gasteiger partial charge in [0.15, 0.2) is 0 Å². The highest BCUT2D eigenvalue weighted by Crippen LogP contribution is 2.25. The lowest BCUT2D eigenvalue weighted by Crippen LogP contribution is -2.29. The molecule has 1 fully saturated rings. The Bertz CT molecular complexity index is 1010.